The van der Waals surface area contributed by atoms with Crippen molar-refractivity contribution >= 4 is 5.91 Å². The van der Waals surface area contributed by atoms with E-state index in [-0.39, 0.29) is 11.9 Å². The van der Waals surface area contributed by atoms with Gasteiger partial charge in [-0.3, -0.25) is 14.8 Å². The number of aromatic nitrogens is 2. The fraction of sp³-hybridized carbons (Fsp3) is 0.250. The zero-order valence-electron chi connectivity index (χ0n) is 17.2. The topological polar surface area (TPSA) is 69.9 Å². The minimum absolute atomic E-state index is 0.0470. The van der Waals surface area contributed by atoms with Gasteiger partial charge in [-0.25, -0.2) is 0 Å². The van der Waals surface area contributed by atoms with Gasteiger partial charge in [-0.1, -0.05) is 25.1 Å². The van der Waals surface area contributed by atoms with E-state index < -0.39 is 0 Å². The molecule has 0 spiro atoms. The molecule has 5 heteroatoms. The Kier molecular flexibility index (Phi) is 6.04. The van der Waals surface area contributed by atoms with Gasteiger partial charge in [0, 0.05) is 24.4 Å². The number of aryl methyl sites for hydroxylation is 2. The molecular weight excluding hydrogens is 360 g/mol. The summed E-state index contributed by atoms with van der Waals surface area (Å²) in [6, 6.07) is 17.2. The normalized spacial score (nSPS) is 11.6. The SMILES string of the molecule is CC[C@@H](c1ccccn1)N(C)C(=O)c1ccc(-c2cc(C)c(C#N)c(C)n2)cc1. The number of hydrogen-bond donors (Lipinski definition) is 0. The van der Waals surface area contributed by atoms with Crippen molar-refractivity contribution in [3.63, 3.8) is 0 Å². The number of hydrogen-bond acceptors (Lipinski definition) is 4. The highest BCUT2D eigenvalue weighted by molar-refractivity contribution is 5.94. The molecule has 0 unspecified atom stereocenters. The Morgan fingerprint density at radius 3 is 2.45 bits per heavy atom. The Morgan fingerprint density at radius 2 is 1.90 bits per heavy atom. The molecule has 0 fully saturated rings. The highest BCUT2D eigenvalue weighted by Crippen LogP contribution is 2.25. The Morgan fingerprint density at radius 1 is 1.17 bits per heavy atom. The predicted octanol–water partition coefficient (Wildman–Crippen LogP) is 4.86. The Hall–Kier alpha value is -3.52. The summed E-state index contributed by atoms with van der Waals surface area (Å²) in [4.78, 5) is 23.7. The lowest BCUT2D eigenvalue weighted by Crippen LogP contribution is -2.31. The van der Waals surface area contributed by atoms with E-state index in [0.29, 0.717) is 16.8 Å². The van der Waals surface area contributed by atoms with Crippen molar-refractivity contribution in [3.8, 4) is 17.3 Å². The van der Waals surface area contributed by atoms with Crippen LogP contribution in [-0.2, 0) is 0 Å². The van der Waals surface area contributed by atoms with Crippen LogP contribution in [0.3, 0.4) is 0 Å². The van der Waals surface area contributed by atoms with E-state index in [1.54, 1.807) is 11.1 Å². The molecule has 29 heavy (non-hydrogen) atoms. The summed E-state index contributed by atoms with van der Waals surface area (Å²) in [5.74, 6) is -0.0470. The van der Waals surface area contributed by atoms with E-state index in [1.165, 1.54) is 0 Å². The van der Waals surface area contributed by atoms with E-state index in [9.17, 15) is 10.1 Å². The fourth-order valence-electron chi connectivity index (χ4n) is 3.53. The number of rotatable bonds is 5. The van der Waals surface area contributed by atoms with Crippen LogP contribution < -0.4 is 0 Å². The van der Waals surface area contributed by atoms with E-state index in [4.69, 9.17) is 0 Å². The Labute approximate surface area is 171 Å². The van der Waals surface area contributed by atoms with Crippen molar-refractivity contribution < 1.29 is 4.79 Å². The smallest absolute Gasteiger partial charge is 0.254 e. The lowest BCUT2D eigenvalue weighted by molar-refractivity contribution is 0.0723. The van der Waals surface area contributed by atoms with Crippen LogP contribution >= 0.6 is 0 Å². The van der Waals surface area contributed by atoms with Crippen LogP contribution in [-0.4, -0.2) is 27.8 Å². The van der Waals surface area contributed by atoms with Crippen molar-refractivity contribution in [1.29, 1.82) is 5.26 Å². The molecule has 0 saturated carbocycles. The molecule has 0 aliphatic heterocycles. The molecule has 3 aromatic rings. The van der Waals surface area contributed by atoms with Gasteiger partial charge in [-0.2, -0.15) is 5.26 Å². The molecule has 0 bridgehead atoms. The standard InChI is InChI=1S/C24H24N4O/c1-5-23(21-8-6-7-13-26-21)28(4)24(29)19-11-9-18(10-12-19)22-14-16(2)20(15-25)17(3)27-22/h6-14,23H,5H2,1-4H3/t23-/m0/s1. The van der Waals surface area contributed by atoms with Crippen LogP contribution in [0.25, 0.3) is 11.3 Å². The molecule has 1 atom stereocenters. The van der Waals surface area contributed by atoms with E-state index in [1.807, 2.05) is 76.3 Å². The number of amides is 1. The molecule has 0 saturated heterocycles. The third-order valence-electron chi connectivity index (χ3n) is 5.14. The van der Waals surface area contributed by atoms with Crippen molar-refractivity contribution in [2.75, 3.05) is 7.05 Å². The molecule has 2 aromatic heterocycles. The summed E-state index contributed by atoms with van der Waals surface area (Å²) in [6.45, 7) is 5.80. The second-order valence-corrected chi connectivity index (χ2v) is 7.07. The molecule has 0 radical (unpaired) electrons. The summed E-state index contributed by atoms with van der Waals surface area (Å²) in [5.41, 5.74) is 5.44. The first-order valence-electron chi connectivity index (χ1n) is 9.63. The van der Waals surface area contributed by atoms with Gasteiger partial charge >= 0.3 is 0 Å². The third kappa shape index (κ3) is 4.17. The zero-order chi connectivity index (χ0) is 21.0. The average Bonchev–Trinajstić information content (AvgIpc) is 2.74. The number of benzene rings is 1. The molecule has 5 nitrogen and oxygen atoms in total. The highest BCUT2D eigenvalue weighted by Gasteiger charge is 2.22. The van der Waals surface area contributed by atoms with Gasteiger partial charge in [0.1, 0.15) is 6.07 Å². The van der Waals surface area contributed by atoms with E-state index in [0.717, 1.165) is 28.9 Å². The van der Waals surface area contributed by atoms with Gasteiger partial charge in [0.15, 0.2) is 0 Å². The molecule has 2 heterocycles. The van der Waals surface area contributed by atoms with Gasteiger partial charge < -0.3 is 4.90 Å². The van der Waals surface area contributed by atoms with Crippen molar-refractivity contribution in [1.82, 2.24) is 14.9 Å². The van der Waals surface area contributed by atoms with Gasteiger partial charge in [0.05, 0.1) is 28.7 Å². The van der Waals surface area contributed by atoms with Gasteiger partial charge in [0.2, 0.25) is 0 Å². The highest BCUT2D eigenvalue weighted by atomic mass is 16.2. The van der Waals surface area contributed by atoms with Crippen LogP contribution in [0.2, 0.25) is 0 Å². The monoisotopic (exact) mass is 384 g/mol. The largest absolute Gasteiger partial charge is 0.333 e. The van der Waals surface area contributed by atoms with Crippen molar-refractivity contribution in [3.05, 3.63) is 82.8 Å². The summed E-state index contributed by atoms with van der Waals surface area (Å²) >= 11 is 0. The van der Waals surface area contributed by atoms with Crippen LogP contribution in [0.4, 0.5) is 0 Å². The average molecular weight is 384 g/mol. The number of pyridine rings is 2. The molecule has 0 aliphatic carbocycles. The first kappa shape index (κ1) is 20.2. The van der Waals surface area contributed by atoms with E-state index >= 15 is 0 Å². The Balaban J connectivity index is 1.84. The van der Waals surface area contributed by atoms with Crippen molar-refractivity contribution in [2.45, 2.75) is 33.2 Å². The number of nitriles is 1. The van der Waals surface area contributed by atoms with Gasteiger partial charge in [0.25, 0.3) is 5.91 Å². The third-order valence-corrected chi connectivity index (χ3v) is 5.14. The summed E-state index contributed by atoms with van der Waals surface area (Å²) in [6.07, 6.45) is 2.53. The maximum absolute atomic E-state index is 13.0. The number of nitrogens with zero attached hydrogens (tertiary/aromatic N) is 4. The molecule has 0 aliphatic rings. The second kappa shape index (κ2) is 8.66. The number of carbonyl (C=O) groups is 1. The molecule has 3 rings (SSSR count). The van der Waals surface area contributed by atoms with Crippen molar-refractivity contribution in [2.24, 2.45) is 0 Å². The lowest BCUT2D eigenvalue weighted by atomic mass is 10.0. The maximum Gasteiger partial charge on any atom is 0.254 e. The van der Waals surface area contributed by atoms with Gasteiger partial charge in [-0.15, -0.1) is 0 Å². The van der Waals surface area contributed by atoms with Crippen LogP contribution in [0.5, 0.6) is 0 Å². The quantitative estimate of drug-likeness (QED) is 0.630. The molecular formula is C24H24N4O. The zero-order valence-corrected chi connectivity index (χ0v) is 17.2. The first-order chi connectivity index (χ1) is 14.0. The molecule has 0 N–H and O–H groups in total. The van der Waals surface area contributed by atoms with Gasteiger partial charge in [-0.05, 0) is 56.2 Å². The maximum atomic E-state index is 13.0. The van der Waals surface area contributed by atoms with Crippen LogP contribution in [0, 0.1) is 25.2 Å². The Bertz CT molecular complexity index is 1030. The predicted molar refractivity (Wildman–Crippen MR) is 113 cm³/mol. The van der Waals surface area contributed by atoms with Crippen LogP contribution in [0.1, 0.15) is 52.3 Å². The fourth-order valence-corrected chi connectivity index (χ4v) is 3.53. The van der Waals surface area contributed by atoms with Crippen LogP contribution in [0.15, 0.2) is 54.7 Å². The minimum Gasteiger partial charge on any atom is -0.333 e. The molecule has 1 aromatic carbocycles. The lowest BCUT2D eigenvalue weighted by Gasteiger charge is -2.27. The first-order valence-corrected chi connectivity index (χ1v) is 9.63. The molecule has 146 valence electrons. The minimum atomic E-state index is -0.0751. The molecule has 1 amide bonds. The summed E-state index contributed by atoms with van der Waals surface area (Å²) in [5, 5.41) is 9.22. The summed E-state index contributed by atoms with van der Waals surface area (Å²) in [7, 11) is 1.81. The second-order valence-electron chi connectivity index (χ2n) is 7.07. The van der Waals surface area contributed by atoms with E-state index in [2.05, 4.69) is 16.0 Å². The number of carbonyl (C=O) groups excluding carboxylic acids is 1. The summed E-state index contributed by atoms with van der Waals surface area (Å²) < 4.78 is 0.